The number of ether oxygens (including phenoxy) is 1. The zero-order valence-corrected chi connectivity index (χ0v) is 11.5. The van der Waals surface area contributed by atoms with E-state index in [4.69, 9.17) is 4.74 Å². The average Bonchev–Trinajstić information content (AvgIpc) is 2.49. The summed E-state index contributed by atoms with van der Waals surface area (Å²) in [5, 5.41) is 11.0. The first-order valence-corrected chi connectivity index (χ1v) is 6.20. The van der Waals surface area contributed by atoms with Crippen molar-refractivity contribution in [2.75, 3.05) is 7.11 Å². The van der Waals surface area contributed by atoms with Crippen molar-refractivity contribution in [2.45, 2.75) is 6.54 Å². The second kappa shape index (κ2) is 6.04. The lowest BCUT2D eigenvalue weighted by Crippen LogP contribution is -2.23. The molecule has 0 aliphatic heterocycles. The molecule has 0 atom stereocenters. The highest BCUT2D eigenvalue weighted by Crippen LogP contribution is 2.15. The molecule has 0 N–H and O–H groups in total. The molecular formula is C15H14N2O4. The van der Waals surface area contributed by atoms with E-state index in [2.05, 4.69) is 6.58 Å². The molecule has 1 aromatic carbocycles. The quantitative estimate of drug-likeness (QED) is 0.625. The van der Waals surface area contributed by atoms with Crippen LogP contribution in [0.15, 0.2) is 47.9 Å². The third kappa shape index (κ3) is 3.00. The first kappa shape index (κ1) is 14.5. The van der Waals surface area contributed by atoms with E-state index in [1.54, 1.807) is 31.4 Å². The molecule has 0 aliphatic rings. The molecule has 0 aliphatic carbocycles. The maximum Gasteiger partial charge on any atom is 0.341 e. The number of nitrogens with zero attached hydrogens (tertiary/aromatic N) is 2. The van der Waals surface area contributed by atoms with E-state index < -0.39 is 16.2 Å². The zero-order chi connectivity index (χ0) is 15.4. The first-order valence-electron chi connectivity index (χ1n) is 6.20. The van der Waals surface area contributed by atoms with Crippen molar-refractivity contribution in [3.8, 4) is 5.75 Å². The van der Waals surface area contributed by atoms with Gasteiger partial charge in [-0.3, -0.25) is 14.9 Å². The molecule has 0 unspecified atom stereocenters. The highest BCUT2D eigenvalue weighted by molar-refractivity contribution is 5.58. The van der Waals surface area contributed by atoms with Gasteiger partial charge in [-0.05, 0) is 23.8 Å². The van der Waals surface area contributed by atoms with Gasteiger partial charge in [0.15, 0.2) is 0 Å². The van der Waals surface area contributed by atoms with Crippen LogP contribution in [0.2, 0.25) is 0 Å². The minimum Gasteiger partial charge on any atom is -0.497 e. The van der Waals surface area contributed by atoms with Gasteiger partial charge in [0.1, 0.15) is 5.75 Å². The predicted molar refractivity (Wildman–Crippen MR) is 79.5 cm³/mol. The molecule has 0 spiro atoms. The molecule has 0 fully saturated rings. The number of aromatic nitrogens is 1. The molecule has 0 bridgehead atoms. The van der Waals surface area contributed by atoms with Crippen LogP contribution in [0.5, 0.6) is 5.75 Å². The number of pyridine rings is 1. The lowest BCUT2D eigenvalue weighted by Gasteiger charge is -2.07. The molecule has 108 valence electrons. The van der Waals surface area contributed by atoms with Crippen molar-refractivity contribution >= 4 is 11.8 Å². The fourth-order valence-electron chi connectivity index (χ4n) is 1.98. The summed E-state index contributed by atoms with van der Waals surface area (Å²) in [6, 6.07) is 8.66. The van der Waals surface area contributed by atoms with Crippen LogP contribution in [-0.2, 0) is 6.54 Å². The Morgan fingerprint density at radius 3 is 2.52 bits per heavy atom. The summed E-state index contributed by atoms with van der Waals surface area (Å²) in [6.45, 7) is 3.73. The number of benzene rings is 1. The predicted octanol–water partition coefficient (Wildman–Crippen LogP) is 2.46. The number of nitro groups is 1. The van der Waals surface area contributed by atoms with E-state index in [-0.39, 0.29) is 12.1 Å². The number of hydrogen-bond acceptors (Lipinski definition) is 4. The van der Waals surface area contributed by atoms with Gasteiger partial charge in [-0.25, -0.2) is 0 Å². The Morgan fingerprint density at radius 2 is 2.00 bits per heavy atom. The topological polar surface area (TPSA) is 74.4 Å². The summed E-state index contributed by atoms with van der Waals surface area (Å²) in [5.41, 5.74) is -0.0382. The Kier molecular flexibility index (Phi) is 4.18. The molecule has 1 heterocycles. The molecule has 1 aromatic heterocycles. The number of hydrogen-bond donors (Lipinski definition) is 0. The van der Waals surface area contributed by atoms with Gasteiger partial charge in [0.05, 0.1) is 24.1 Å². The van der Waals surface area contributed by atoms with Gasteiger partial charge in [0.2, 0.25) is 0 Å². The minimum absolute atomic E-state index is 0.219. The number of rotatable bonds is 5. The van der Waals surface area contributed by atoms with Gasteiger partial charge in [-0.1, -0.05) is 24.8 Å². The Morgan fingerprint density at radius 1 is 1.33 bits per heavy atom. The highest BCUT2D eigenvalue weighted by Gasteiger charge is 2.19. The molecule has 0 saturated heterocycles. The summed E-state index contributed by atoms with van der Waals surface area (Å²) in [7, 11) is 1.57. The van der Waals surface area contributed by atoms with Crippen molar-refractivity contribution in [3.63, 3.8) is 0 Å². The SMILES string of the molecule is C=Cc1ccn(Cc2ccc(OC)cc2)c(=O)c1[N+](=O)[O-]. The van der Waals surface area contributed by atoms with Crippen molar-refractivity contribution in [3.05, 3.63) is 74.7 Å². The lowest BCUT2D eigenvalue weighted by molar-refractivity contribution is -0.386. The standard InChI is InChI=1S/C15H14N2O4/c1-3-12-8-9-16(15(18)14(12)17(19)20)10-11-4-6-13(21-2)7-5-11/h3-9H,1,10H2,2H3. The van der Waals surface area contributed by atoms with E-state index in [1.807, 2.05) is 0 Å². The molecule has 21 heavy (non-hydrogen) atoms. The molecule has 0 saturated carbocycles. The second-order valence-corrected chi connectivity index (χ2v) is 4.36. The molecule has 2 rings (SSSR count). The Balaban J connectivity index is 2.40. The van der Waals surface area contributed by atoms with Crippen LogP contribution in [0.25, 0.3) is 6.08 Å². The van der Waals surface area contributed by atoms with Gasteiger partial charge in [-0.2, -0.15) is 0 Å². The fourth-order valence-corrected chi connectivity index (χ4v) is 1.98. The Hall–Kier alpha value is -2.89. The van der Waals surface area contributed by atoms with Gasteiger partial charge in [-0.15, -0.1) is 0 Å². The summed E-state index contributed by atoms with van der Waals surface area (Å²) in [5.74, 6) is 0.707. The molecule has 6 heteroatoms. The van der Waals surface area contributed by atoms with Crippen LogP contribution >= 0.6 is 0 Å². The summed E-state index contributed by atoms with van der Waals surface area (Å²) in [6.07, 6.45) is 2.83. The Bertz CT molecular complexity index is 732. The van der Waals surface area contributed by atoms with Crippen molar-refractivity contribution in [2.24, 2.45) is 0 Å². The van der Waals surface area contributed by atoms with Gasteiger partial charge < -0.3 is 9.30 Å². The molecule has 2 aromatic rings. The lowest BCUT2D eigenvalue weighted by atomic mass is 10.2. The third-order valence-corrected chi connectivity index (χ3v) is 3.09. The van der Waals surface area contributed by atoms with Gasteiger partial charge in [0.25, 0.3) is 0 Å². The second-order valence-electron chi connectivity index (χ2n) is 4.36. The number of methoxy groups -OCH3 is 1. The molecule has 0 amide bonds. The average molecular weight is 286 g/mol. The largest absolute Gasteiger partial charge is 0.497 e. The zero-order valence-electron chi connectivity index (χ0n) is 11.5. The van der Waals surface area contributed by atoms with Gasteiger partial charge in [0, 0.05) is 6.20 Å². The van der Waals surface area contributed by atoms with Crippen molar-refractivity contribution in [1.82, 2.24) is 4.57 Å². The smallest absolute Gasteiger partial charge is 0.341 e. The van der Waals surface area contributed by atoms with E-state index >= 15 is 0 Å². The Labute approximate surface area is 121 Å². The van der Waals surface area contributed by atoms with Crippen LogP contribution in [-0.4, -0.2) is 16.6 Å². The summed E-state index contributed by atoms with van der Waals surface area (Å²) < 4.78 is 6.35. The maximum absolute atomic E-state index is 12.2. The summed E-state index contributed by atoms with van der Waals surface area (Å²) in [4.78, 5) is 22.5. The third-order valence-electron chi connectivity index (χ3n) is 3.09. The minimum atomic E-state index is -0.677. The van der Waals surface area contributed by atoms with Crippen LogP contribution < -0.4 is 10.3 Å². The normalized spacial score (nSPS) is 10.1. The monoisotopic (exact) mass is 286 g/mol. The summed E-state index contributed by atoms with van der Waals surface area (Å²) >= 11 is 0. The van der Waals surface area contributed by atoms with E-state index in [1.165, 1.54) is 22.9 Å². The van der Waals surface area contributed by atoms with Crippen LogP contribution in [0.1, 0.15) is 11.1 Å². The van der Waals surface area contributed by atoms with E-state index in [0.717, 1.165) is 5.56 Å². The van der Waals surface area contributed by atoms with Crippen molar-refractivity contribution in [1.29, 1.82) is 0 Å². The van der Waals surface area contributed by atoms with Crippen LogP contribution in [0.4, 0.5) is 5.69 Å². The first-order chi connectivity index (χ1) is 10.1. The molecule has 0 radical (unpaired) electrons. The van der Waals surface area contributed by atoms with Crippen molar-refractivity contribution < 1.29 is 9.66 Å². The maximum atomic E-state index is 12.2. The van der Waals surface area contributed by atoms with E-state index in [0.29, 0.717) is 5.75 Å². The van der Waals surface area contributed by atoms with Gasteiger partial charge >= 0.3 is 11.2 Å². The van der Waals surface area contributed by atoms with Crippen LogP contribution in [0.3, 0.4) is 0 Å². The molecular weight excluding hydrogens is 272 g/mol. The highest BCUT2D eigenvalue weighted by atomic mass is 16.6. The fraction of sp³-hybridized carbons (Fsp3) is 0.133. The molecule has 6 nitrogen and oxygen atoms in total. The van der Waals surface area contributed by atoms with Crippen LogP contribution in [0, 0.1) is 10.1 Å². The van der Waals surface area contributed by atoms with E-state index in [9.17, 15) is 14.9 Å².